The third-order valence-electron chi connectivity index (χ3n) is 6.57. The fourth-order valence-electron chi connectivity index (χ4n) is 4.69. The number of amides is 1. The van der Waals surface area contributed by atoms with Crippen molar-refractivity contribution in [3.63, 3.8) is 0 Å². The minimum Gasteiger partial charge on any atom is -0.488 e. The number of ether oxygens (including phenoxy) is 2. The van der Waals surface area contributed by atoms with Crippen molar-refractivity contribution < 1.29 is 18.7 Å². The van der Waals surface area contributed by atoms with E-state index in [9.17, 15) is 9.18 Å². The summed E-state index contributed by atoms with van der Waals surface area (Å²) in [6.45, 7) is 4.88. The first-order valence-corrected chi connectivity index (χ1v) is 11.9. The molecule has 1 aromatic heterocycles. The Bertz CT molecular complexity index is 1170. The Hall–Kier alpha value is -3.26. The van der Waals surface area contributed by atoms with E-state index in [2.05, 4.69) is 32.3 Å². The molecule has 0 spiro atoms. The summed E-state index contributed by atoms with van der Waals surface area (Å²) in [6, 6.07) is 8.79. The van der Waals surface area contributed by atoms with Gasteiger partial charge in [0.1, 0.15) is 17.1 Å². The average molecular weight is 465 g/mol. The fraction of sp³-hybridized carbons (Fsp3) is 0.423. The zero-order valence-electron chi connectivity index (χ0n) is 19.3. The van der Waals surface area contributed by atoms with E-state index in [-0.39, 0.29) is 23.6 Å². The third kappa shape index (κ3) is 4.97. The molecule has 8 heteroatoms. The maximum Gasteiger partial charge on any atom is 0.254 e. The van der Waals surface area contributed by atoms with Crippen LogP contribution in [0.25, 0.3) is 11.0 Å². The number of carbonyl (C=O) groups excluding carboxylic acids is 1. The molecule has 1 N–H and O–H groups in total. The molecule has 3 aromatic rings. The van der Waals surface area contributed by atoms with Crippen LogP contribution in [0.4, 0.5) is 10.1 Å². The van der Waals surface area contributed by atoms with Gasteiger partial charge in [-0.15, -0.1) is 0 Å². The Labute approximate surface area is 198 Å². The van der Waals surface area contributed by atoms with E-state index in [4.69, 9.17) is 9.47 Å². The van der Waals surface area contributed by atoms with E-state index in [1.165, 1.54) is 6.07 Å². The van der Waals surface area contributed by atoms with Crippen molar-refractivity contribution in [1.29, 1.82) is 0 Å². The molecular formula is C26H29FN4O3. The normalized spacial score (nSPS) is 20.8. The lowest BCUT2D eigenvalue weighted by Gasteiger charge is -2.31. The van der Waals surface area contributed by atoms with Gasteiger partial charge in [-0.05, 0) is 56.4 Å². The number of halogens is 1. The molecule has 1 saturated carbocycles. The molecule has 1 aliphatic carbocycles. The summed E-state index contributed by atoms with van der Waals surface area (Å²) < 4.78 is 26.1. The molecule has 0 bridgehead atoms. The van der Waals surface area contributed by atoms with Crippen LogP contribution in [0.5, 0.6) is 5.75 Å². The van der Waals surface area contributed by atoms with Crippen molar-refractivity contribution in [3.05, 3.63) is 59.7 Å². The van der Waals surface area contributed by atoms with Gasteiger partial charge in [-0.3, -0.25) is 9.78 Å². The Balaban J connectivity index is 1.24. The molecule has 34 heavy (non-hydrogen) atoms. The largest absolute Gasteiger partial charge is 0.488 e. The Morgan fingerprint density at radius 2 is 1.85 bits per heavy atom. The van der Waals surface area contributed by atoms with E-state index in [0.29, 0.717) is 13.2 Å². The monoisotopic (exact) mass is 464 g/mol. The molecule has 0 unspecified atom stereocenters. The second-order valence-electron chi connectivity index (χ2n) is 9.02. The topological polar surface area (TPSA) is 76.6 Å². The Kier molecular flexibility index (Phi) is 6.58. The zero-order valence-corrected chi connectivity index (χ0v) is 19.3. The summed E-state index contributed by atoms with van der Waals surface area (Å²) in [5.41, 5.74) is 3.51. The van der Waals surface area contributed by atoms with Gasteiger partial charge in [-0.25, -0.2) is 9.37 Å². The van der Waals surface area contributed by atoms with E-state index in [1.54, 1.807) is 31.5 Å². The van der Waals surface area contributed by atoms with Crippen LogP contribution in [0.3, 0.4) is 0 Å². The van der Waals surface area contributed by atoms with E-state index in [0.717, 1.165) is 66.8 Å². The first-order chi connectivity index (χ1) is 16.6. The fourth-order valence-corrected chi connectivity index (χ4v) is 4.69. The number of nitrogens with zero attached hydrogens (tertiary/aromatic N) is 3. The van der Waals surface area contributed by atoms with Crippen molar-refractivity contribution in [2.75, 3.05) is 31.2 Å². The van der Waals surface area contributed by atoms with Crippen LogP contribution in [0.15, 0.2) is 42.7 Å². The molecule has 2 aromatic carbocycles. The van der Waals surface area contributed by atoms with Gasteiger partial charge in [0.15, 0.2) is 0 Å². The number of hydrogen-bond donors (Lipinski definition) is 1. The van der Waals surface area contributed by atoms with Gasteiger partial charge in [0.25, 0.3) is 5.91 Å². The van der Waals surface area contributed by atoms with Crippen LogP contribution in [0.2, 0.25) is 0 Å². The summed E-state index contributed by atoms with van der Waals surface area (Å²) in [6.07, 6.45) is 6.54. The van der Waals surface area contributed by atoms with Gasteiger partial charge in [0.2, 0.25) is 0 Å². The molecular weight excluding hydrogens is 435 g/mol. The number of morpholine rings is 1. The summed E-state index contributed by atoms with van der Waals surface area (Å²) >= 11 is 0. The predicted molar refractivity (Wildman–Crippen MR) is 128 cm³/mol. The third-order valence-corrected chi connectivity index (χ3v) is 6.57. The number of anilines is 1. The number of fused-ring (bicyclic) bond motifs is 1. The quantitative estimate of drug-likeness (QED) is 0.614. The first kappa shape index (κ1) is 22.5. The van der Waals surface area contributed by atoms with Gasteiger partial charge in [0, 0.05) is 43.3 Å². The molecule has 0 radical (unpaired) electrons. The van der Waals surface area contributed by atoms with Crippen LogP contribution in [0.1, 0.15) is 41.6 Å². The number of hydrogen-bond acceptors (Lipinski definition) is 6. The van der Waals surface area contributed by atoms with Crippen molar-refractivity contribution in [1.82, 2.24) is 15.3 Å². The Morgan fingerprint density at radius 3 is 2.62 bits per heavy atom. The van der Waals surface area contributed by atoms with Crippen LogP contribution in [-0.4, -0.2) is 54.3 Å². The summed E-state index contributed by atoms with van der Waals surface area (Å²) in [5, 5.41) is 2.99. The molecule has 2 fully saturated rings. The highest BCUT2D eigenvalue weighted by Crippen LogP contribution is 2.33. The van der Waals surface area contributed by atoms with Crippen LogP contribution < -0.4 is 15.0 Å². The highest BCUT2D eigenvalue weighted by atomic mass is 19.1. The molecule has 1 aliphatic heterocycles. The summed E-state index contributed by atoms with van der Waals surface area (Å²) in [5.74, 6) is -0.106. The molecule has 1 amide bonds. The lowest BCUT2D eigenvalue weighted by molar-refractivity contribution is 0.0891. The van der Waals surface area contributed by atoms with Crippen molar-refractivity contribution in [3.8, 4) is 5.75 Å². The molecule has 178 valence electrons. The molecule has 2 aliphatic rings. The maximum absolute atomic E-state index is 14.2. The van der Waals surface area contributed by atoms with Crippen molar-refractivity contribution in [2.24, 2.45) is 0 Å². The SMILES string of the molecule is Cc1ccc(C(=O)N[C@H]2CC[C@@H](Oc3cc(N4CCOCC4)cc4nccnc34)CC2)c(F)c1. The minimum atomic E-state index is -0.484. The zero-order chi connectivity index (χ0) is 23.5. The molecule has 0 atom stereocenters. The molecule has 2 heterocycles. The predicted octanol–water partition coefficient (Wildman–Crippen LogP) is 4.03. The van der Waals surface area contributed by atoms with Gasteiger partial charge < -0.3 is 19.7 Å². The van der Waals surface area contributed by atoms with E-state index >= 15 is 0 Å². The second kappa shape index (κ2) is 9.93. The number of rotatable bonds is 5. The number of aromatic nitrogens is 2. The molecule has 5 rings (SSSR count). The minimum absolute atomic E-state index is 0.00396. The number of benzene rings is 2. The van der Waals surface area contributed by atoms with Gasteiger partial charge in [-0.1, -0.05) is 6.07 Å². The first-order valence-electron chi connectivity index (χ1n) is 11.9. The number of nitrogens with one attached hydrogen (secondary N) is 1. The van der Waals surface area contributed by atoms with E-state index < -0.39 is 5.82 Å². The molecule has 1 saturated heterocycles. The average Bonchev–Trinajstić information content (AvgIpc) is 2.85. The van der Waals surface area contributed by atoms with Gasteiger partial charge >= 0.3 is 0 Å². The maximum atomic E-state index is 14.2. The van der Waals surface area contributed by atoms with Crippen molar-refractivity contribution in [2.45, 2.75) is 44.8 Å². The smallest absolute Gasteiger partial charge is 0.254 e. The lowest BCUT2D eigenvalue weighted by Crippen LogP contribution is -2.40. The van der Waals surface area contributed by atoms with Crippen LogP contribution >= 0.6 is 0 Å². The van der Waals surface area contributed by atoms with E-state index in [1.807, 2.05) is 0 Å². The van der Waals surface area contributed by atoms with Crippen LogP contribution in [0, 0.1) is 12.7 Å². The lowest BCUT2D eigenvalue weighted by atomic mass is 9.92. The molecule has 7 nitrogen and oxygen atoms in total. The second-order valence-corrected chi connectivity index (χ2v) is 9.02. The van der Waals surface area contributed by atoms with Crippen LogP contribution in [-0.2, 0) is 4.74 Å². The standard InChI is InChI=1S/C26H29FN4O3/c1-17-2-7-21(22(27)14-17)26(32)30-18-3-5-20(6-4-18)34-24-16-19(31-10-12-33-13-11-31)15-23-25(24)29-9-8-28-23/h2,7-9,14-16,18,20H,3-6,10-13H2,1H3,(H,30,32)/t18-,20+. The highest BCUT2D eigenvalue weighted by molar-refractivity contribution is 5.94. The summed E-state index contributed by atoms with van der Waals surface area (Å²) in [4.78, 5) is 23.8. The highest BCUT2D eigenvalue weighted by Gasteiger charge is 2.26. The van der Waals surface area contributed by atoms with Gasteiger partial charge in [0.05, 0.1) is 30.4 Å². The Morgan fingerprint density at radius 1 is 1.09 bits per heavy atom. The van der Waals surface area contributed by atoms with Crippen molar-refractivity contribution >= 4 is 22.6 Å². The summed E-state index contributed by atoms with van der Waals surface area (Å²) in [7, 11) is 0. The van der Waals surface area contributed by atoms with Gasteiger partial charge in [-0.2, -0.15) is 0 Å². The number of carbonyl (C=O) groups is 1. The number of aryl methyl sites for hydroxylation is 1.